The number of aromatic nitrogens is 1. The lowest BCUT2D eigenvalue weighted by Crippen LogP contribution is -2.29. The largest absolute Gasteiger partial charge is 0.256 e. The molecule has 1 aliphatic carbocycles. The van der Waals surface area contributed by atoms with Gasteiger partial charge in [-0.05, 0) is 48.4 Å². The Labute approximate surface area is 127 Å². The van der Waals surface area contributed by atoms with Crippen LogP contribution in [0.25, 0.3) is 23.4 Å². The van der Waals surface area contributed by atoms with Crippen molar-refractivity contribution in [3.05, 3.63) is 52.5 Å². The summed E-state index contributed by atoms with van der Waals surface area (Å²) in [6, 6.07) is 10.9. The number of rotatable bonds is 4. The second kappa shape index (κ2) is 6.26. The zero-order valence-corrected chi connectivity index (χ0v) is 13.0. The lowest BCUT2D eigenvalue weighted by atomic mass is 9.88. The van der Waals surface area contributed by atoms with Gasteiger partial charge in [0.1, 0.15) is 0 Å². The van der Waals surface area contributed by atoms with Crippen molar-refractivity contribution in [1.82, 2.24) is 4.98 Å². The summed E-state index contributed by atoms with van der Waals surface area (Å²) in [5.74, 6) is 0.617. The van der Waals surface area contributed by atoms with Crippen LogP contribution in [0.4, 0.5) is 0 Å². The minimum absolute atomic E-state index is 0.617. The Morgan fingerprint density at radius 3 is 2.57 bits per heavy atom. The van der Waals surface area contributed by atoms with Gasteiger partial charge in [-0.3, -0.25) is 4.98 Å². The van der Waals surface area contributed by atoms with Gasteiger partial charge in [-0.2, -0.15) is 0 Å². The Hall–Kier alpha value is -1.89. The van der Waals surface area contributed by atoms with Crippen molar-refractivity contribution in [2.45, 2.75) is 45.4 Å². The Bertz CT molecular complexity index is 739. The molecule has 1 aromatic carbocycles. The van der Waals surface area contributed by atoms with Crippen molar-refractivity contribution in [2.24, 2.45) is 0 Å². The molecule has 0 saturated carbocycles. The summed E-state index contributed by atoms with van der Waals surface area (Å²) in [5, 5.41) is 2.66. The summed E-state index contributed by atoms with van der Waals surface area (Å²) in [7, 11) is 0. The molecule has 0 radical (unpaired) electrons. The Balaban J connectivity index is 2.24. The minimum Gasteiger partial charge on any atom is -0.256 e. The summed E-state index contributed by atoms with van der Waals surface area (Å²) in [5.41, 5.74) is 3.92. The molecule has 1 aromatic heterocycles. The normalized spacial score (nSPS) is 13.5. The Morgan fingerprint density at radius 2 is 1.76 bits per heavy atom. The van der Waals surface area contributed by atoms with Crippen LogP contribution in [0.15, 0.2) is 36.5 Å². The van der Waals surface area contributed by atoms with Crippen LogP contribution >= 0.6 is 0 Å². The van der Waals surface area contributed by atoms with Gasteiger partial charge in [-0.1, -0.05) is 50.3 Å². The van der Waals surface area contributed by atoms with E-state index in [0.717, 1.165) is 18.5 Å². The molecule has 0 bridgehead atoms. The second-order valence-corrected chi connectivity index (χ2v) is 5.75. The van der Waals surface area contributed by atoms with Gasteiger partial charge >= 0.3 is 0 Å². The van der Waals surface area contributed by atoms with Gasteiger partial charge in [0.15, 0.2) is 0 Å². The molecule has 0 saturated heterocycles. The molecule has 0 atom stereocenters. The second-order valence-electron chi connectivity index (χ2n) is 5.75. The van der Waals surface area contributed by atoms with Crippen LogP contribution in [0.1, 0.15) is 51.0 Å². The lowest BCUT2D eigenvalue weighted by Gasteiger charge is -2.18. The molecule has 21 heavy (non-hydrogen) atoms. The van der Waals surface area contributed by atoms with E-state index in [9.17, 15) is 0 Å². The molecule has 1 nitrogen and oxygen atoms in total. The van der Waals surface area contributed by atoms with E-state index < -0.39 is 0 Å². The highest BCUT2D eigenvalue weighted by molar-refractivity contribution is 5.67. The first-order valence-electron chi connectivity index (χ1n) is 8.09. The van der Waals surface area contributed by atoms with Gasteiger partial charge in [0, 0.05) is 17.0 Å². The molecule has 0 amide bonds. The minimum atomic E-state index is 0.617. The van der Waals surface area contributed by atoms with Crippen LogP contribution in [0, 0.1) is 0 Å². The standard InChI is InChI=1S/C20H23N/c1-3-15(4-2)17-10-7-8-12-19(17)20-18-11-6-5-9-16(18)13-14-21-20/h7-15H,3-6H2,1-2H3. The first-order chi connectivity index (χ1) is 10.3. The lowest BCUT2D eigenvalue weighted by molar-refractivity contribution is 0.643. The highest BCUT2D eigenvalue weighted by atomic mass is 14.7. The number of hydrogen-bond donors (Lipinski definition) is 0. The van der Waals surface area contributed by atoms with Crippen LogP contribution in [0.3, 0.4) is 0 Å². The highest BCUT2D eigenvalue weighted by Gasteiger charge is 2.14. The first kappa shape index (κ1) is 14.1. The maximum atomic E-state index is 4.72. The molecular formula is C20H23N. The number of hydrogen-bond acceptors (Lipinski definition) is 1. The molecule has 3 rings (SSSR count). The molecule has 108 valence electrons. The van der Waals surface area contributed by atoms with E-state index in [2.05, 4.69) is 56.3 Å². The van der Waals surface area contributed by atoms with Gasteiger partial charge in [0.25, 0.3) is 0 Å². The molecule has 1 heterocycles. The number of benzene rings is 1. The van der Waals surface area contributed by atoms with Crippen LogP contribution in [0.2, 0.25) is 0 Å². The van der Waals surface area contributed by atoms with Crippen LogP contribution in [-0.4, -0.2) is 4.98 Å². The van der Waals surface area contributed by atoms with E-state index >= 15 is 0 Å². The molecule has 2 aromatic rings. The zero-order valence-electron chi connectivity index (χ0n) is 13.0. The van der Waals surface area contributed by atoms with Crippen molar-refractivity contribution in [2.75, 3.05) is 0 Å². The molecule has 0 unspecified atom stereocenters. The topological polar surface area (TPSA) is 12.9 Å². The SMILES string of the molecule is CCC(CC)c1ccccc1-c1nccc2c1=CCCC=2. The van der Waals surface area contributed by atoms with Gasteiger partial charge in [0.2, 0.25) is 0 Å². The number of nitrogens with zero attached hydrogens (tertiary/aromatic N) is 1. The molecule has 1 heteroatoms. The molecule has 1 aliphatic rings. The van der Waals surface area contributed by atoms with Crippen molar-refractivity contribution in [3.8, 4) is 11.3 Å². The van der Waals surface area contributed by atoms with Crippen LogP contribution < -0.4 is 10.4 Å². The maximum Gasteiger partial charge on any atom is 0.0779 e. The van der Waals surface area contributed by atoms with E-state index in [0.29, 0.717) is 5.92 Å². The Morgan fingerprint density at radius 1 is 1.00 bits per heavy atom. The van der Waals surface area contributed by atoms with E-state index in [1.165, 1.54) is 34.4 Å². The van der Waals surface area contributed by atoms with Crippen LogP contribution in [-0.2, 0) is 0 Å². The van der Waals surface area contributed by atoms with Gasteiger partial charge in [0.05, 0.1) is 5.69 Å². The summed E-state index contributed by atoms with van der Waals surface area (Å²) >= 11 is 0. The van der Waals surface area contributed by atoms with Crippen molar-refractivity contribution >= 4 is 12.2 Å². The fourth-order valence-corrected chi connectivity index (χ4v) is 3.36. The highest BCUT2D eigenvalue weighted by Crippen LogP contribution is 2.30. The van der Waals surface area contributed by atoms with Crippen molar-refractivity contribution in [3.63, 3.8) is 0 Å². The summed E-state index contributed by atoms with van der Waals surface area (Å²) in [6.45, 7) is 4.55. The van der Waals surface area contributed by atoms with E-state index in [4.69, 9.17) is 4.98 Å². The molecular weight excluding hydrogens is 254 g/mol. The van der Waals surface area contributed by atoms with Crippen molar-refractivity contribution in [1.29, 1.82) is 0 Å². The average Bonchev–Trinajstić information content (AvgIpc) is 2.56. The number of pyridine rings is 1. The summed E-state index contributed by atoms with van der Waals surface area (Å²) < 4.78 is 0. The average molecular weight is 277 g/mol. The molecule has 0 N–H and O–H groups in total. The fourth-order valence-electron chi connectivity index (χ4n) is 3.36. The Kier molecular flexibility index (Phi) is 4.19. The monoisotopic (exact) mass is 277 g/mol. The van der Waals surface area contributed by atoms with E-state index in [-0.39, 0.29) is 0 Å². The van der Waals surface area contributed by atoms with Crippen LogP contribution in [0.5, 0.6) is 0 Å². The zero-order chi connectivity index (χ0) is 14.7. The third kappa shape index (κ3) is 2.65. The third-order valence-corrected chi connectivity index (χ3v) is 4.54. The predicted octanol–water partition coefficient (Wildman–Crippen LogP) is 4.01. The van der Waals surface area contributed by atoms with Crippen molar-refractivity contribution < 1.29 is 0 Å². The third-order valence-electron chi connectivity index (χ3n) is 4.54. The fraction of sp³-hybridized carbons (Fsp3) is 0.350. The molecule has 0 aliphatic heterocycles. The van der Waals surface area contributed by atoms with Gasteiger partial charge in [-0.15, -0.1) is 0 Å². The van der Waals surface area contributed by atoms with E-state index in [1.54, 1.807) is 0 Å². The van der Waals surface area contributed by atoms with Gasteiger partial charge < -0.3 is 0 Å². The van der Waals surface area contributed by atoms with E-state index in [1.807, 2.05) is 6.20 Å². The molecule has 0 fully saturated rings. The number of fused-ring (bicyclic) bond motifs is 1. The summed E-state index contributed by atoms with van der Waals surface area (Å²) in [4.78, 5) is 4.72. The smallest absolute Gasteiger partial charge is 0.0779 e. The van der Waals surface area contributed by atoms with Gasteiger partial charge in [-0.25, -0.2) is 0 Å². The maximum absolute atomic E-state index is 4.72. The molecule has 0 spiro atoms. The first-order valence-corrected chi connectivity index (χ1v) is 8.09. The predicted molar refractivity (Wildman–Crippen MR) is 90.4 cm³/mol. The quantitative estimate of drug-likeness (QED) is 0.823. The summed E-state index contributed by atoms with van der Waals surface area (Å²) in [6.07, 6.45) is 11.3.